The van der Waals surface area contributed by atoms with Gasteiger partial charge in [-0.25, -0.2) is 0 Å². The zero-order valence-corrected chi connectivity index (χ0v) is 20.5. The molecular formula is C24H41N3O5. The van der Waals surface area contributed by atoms with Gasteiger partial charge in [0.1, 0.15) is 17.9 Å². The number of rotatable bonds is 16. The Balaban J connectivity index is 4.29. The van der Waals surface area contributed by atoms with Crippen molar-refractivity contribution in [2.75, 3.05) is 6.54 Å². The Morgan fingerprint density at radius 3 is 2.09 bits per heavy atom. The first-order valence-electron chi connectivity index (χ1n) is 11.6. The van der Waals surface area contributed by atoms with Crippen LogP contribution in [0.2, 0.25) is 0 Å². The Morgan fingerprint density at radius 1 is 0.875 bits per heavy atom. The maximum Gasteiger partial charge on any atom is 0.243 e. The number of Topliss-reactive ketones (excluding diaryl/α,β-unsaturated/α-hetero) is 1. The average Bonchev–Trinajstić information content (AvgIpc) is 2.70. The molecule has 0 heterocycles. The number of hydrogen-bond donors (Lipinski definition) is 3. The van der Waals surface area contributed by atoms with Crippen molar-refractivity contribution in [3.05, 3.63) is 12.2 Å². The van der Waals surface area contributed by atoms with E-state index in [1.54, 1.807) is 20.8 Å². The maximum absolute atomic E-state index is 12.5. The molecule has 0 aromatic carbocycles. The van der Waals surface area contributed by atoms with Crippen LogP contribution in [0, 0.1) is 11.8 Å². The summed E-state index contributed by atoms with van der Waals surface area (Å²) in [4.78, 5) is 59.5. The summed E-state index contributed by atoms with van der Waals surface area (Å²) in [5.74, 6) is -1.28. The largest absolute Gasteiger partial charge is 0.355 e. The van der Waals surface area contributed by atoms with Crippen LogP contribution in [0.15, 0.2) is 12.2 Å². The fourth-order valence-corrected chi connectivity index (χ4v) is 3.10. The monoisotopic (exact) mass is 451 g/mol. The topological polar surface area (TPSA) is 121 Å². The molecule has 0 radical (unpaired) electrons. The van der Waals surface area contributed by atoms with Crippen LogP contribution in [0.5, 0.6) is 0 Å². The number of unbranched alkanes of at least 4 members (excludes halogenated alkanes) is 3. The van der Waals surface area contributed by atoms with E-state index in [2.05, 4.69) is 16.0 Å². The van der Waals surface area contributed by atoms with Crippen molar-refractivity contribution in [1.82, 2.24) is 16.0 Å². The second kappa shape index (κ2) is 16.2. The molecule has 0 saturated carbocycles. The molecule has 0 rings (SSSR count). The number of carbonyl (C=O) groups excluding carboxylic acids is 5. The molecule has 182 valence electrons. The molecule has 0 fully saturated rings. The Bertz CT molecular complexity index is 673. The van der Waals surface area contributed by atoms with Gasteiger partial charge in [0, 0.05) is 25.3 Å². The second-order valence-corrected chi connectivity index (χ2v) is 8.63. The van der Waals surface area contributed by atoms with Crippen LogP contribution >= 0.6 is 0 Å². The van der Waals surface area contributed by atoms with E-state index in [-0.39, 0.29) is 47.5 Å². The van der Waals surface area contributed by atoms with E-state index in [0.717, 1.165) is 19.3 Å². The molecule has 0 aromatic heterocycles. The molecule has 8 nitrogen and oxygen atoms in total. The normalized spacial score (nSPS) is 14.0. The van der Waals surface area contributed by atoms with Crippen LogP contribution < -0.4 is 16.0 Å². The van der Waals surface area contributed by atoms with Crippen LogP contribution in [-0.2, 0) is 24.0 Å². The molecule has 8 heteroatoms. The fraction of sp³-hybridized carbons (Fsp3) is 0.708. The van der Waals surface area contributed by atoms with Gasteiger partial charge in [-0.1, -0.05) is 33.3 Å². The summed E-state index contributed by atoms with van der Waals surface area (Å²) in [5.41, 5.74) is 0. The Morgan fingerprint density at radius 2 is 1.53 bits per heavy atom. The lowest BCUT2D eigenvalue weighted by Gasteiger charge is -2.23. The lowest BCUT2D eigenvalue weighted by atomic mass is 9.99. The van der Waals surface area contributed by atoms with Gasteiger partial charge >= 0.3 is 0 Å². The predicted molar refractivity (Wildman–Crippen MR) is 125 cm³/mol. The molecule has 32 heavy (non-hydrogen) atoms. The average molecular weight is 452 g/mol. The highest BCUT2D eigenvalue weighted by atomic mass is 16.2. The number of nitrogens with one attached hydrogen (secondary N) is 3. The molecule has 0 aliphatic heterocycles. The molecule has 3 atom stereocenters. The summed E-state index contributed by atoms with van der Waals surface area (Å²) in [6.45, 7) is 10.8. The van der Waals surface area contributed by atoms with E-state index in [4.69, 9.17) is 0 Å². The van der Waals surface area contributed by atoms with Crippen LogP contribution in [0.4, 0.5) is 0 Å². The third-order valence-electron chi connectivity index (χ3n) is 5.00. The van der Waals surface area contributed by atoms with Crippen molar-refractivity contribution < 1.29 is 24.0 Å². The van der Waals surface area contributed by atoms with Gasteiger partial charge in [0.15, 0.2) is 5.78 Å². The molecule has 0 saturated heterocycles. The van der Waals surface area contributed by atoms with Crippen molar-refractivity contribution in [3.63, 3.8) is 0 Å². The molecule has 0 aliphatic rings. The molecule has 0 bridgehead atoms. The molecule has 0 spiro atoms. The van der Waals surface area contributed by atoms with E-state index in [9.17, 15) is 24.0 Å². The highest BCUT2D eigenvalue weighted by Crippen LogP contribution is 2.09. The number of allylic oxidation sites excluding steroid dienone is 2. The second-order valence-electron chi connectivity index (χ2n) is 8.63. The number of likely N-dealkylation sites (N-methyl/N-ethyl adjacent to an activating group) is 1. The van der Waals surface area contributed by atoms with Crippen molar-refractivity contribution in [2.45, 2.75) is 92.2 Å². The maximum atomic E-state index is 12.5. The molecular weight excluding hydrogens is 410 g/mol. The van der Waals surface area contributed by atoms with E-state index < -0.39 is 12.1 Å². The van der Waals surface area contributed by atoms with Crippen LogP contribution in [0.25, 0.3) is 0 Å². The number of ketones is 2. The fourth-order valence-electron chi connectivity index (χ4n) is 3.10. The highest BCUT2D eigenvalue weighted by molar-refractivity contribution is 5.94. The van der Waals surface area contributed by atoms with Crippen molar-refractivity contribution >= 4 is 29.3 Å². The van der Waals surface area contributed by atoms with Crippen LogP contribution in [0.3, 0.4) is 0 Å². The van der Waals surface area contributed by atoms with Gasteiger partial charge in [-0.15, -0.1) is 0 Å². The zero-order valence-electron chi connectivity index (χ0n) is 20.5. The van der Waals surface area contributed by atoms with Gasteiger partial charge in [-0.3, -0.25) is 19.2 Å². The van der Waals surface area contributed by atoms with E-state index in [1.165, 1.54) is 13.0 Å². The lowest BCUT2D eigenvalue weighted by molar-refractivity contribution is -0.132. The quantitative estimate of drug-likeness (QED) is 0.246. The van der Waals surface area contributed by atoms with Gasteiger partial charge < -0.3 is 20.7 Å². The number of hydrogen-bond acceptors (Lipinski definition) is 5. The van der Waals surface area contributed by atoms with Gasteiger partial charge in [0.25, 0.3) is 0 Å². The number of amides is 3. The number of carbonyl (C=O) groups is 5. The summed E-state index contributed by atoms with van der Waals surface area (Å²) in [6, 6.07) is -1.38. The SMILES string of the molecule is CCNC(=O)[C@H](C)NC(=O)[C@@H](NC(=O)CCCCC/C=C\C(=O)C(C)CC(C)=O)C(C)C. The minimum atomic E-state index is -0.703. The third kappa shape index (κ3) is 13.0. The summed E-state index contributed by atoms with van der Waals surface area (Å²) < 4.78 is 0. The van der Waals surface area contributed by atoms with Crippen LogP contribution in [-0.4, -0.2) is 47.9 Å². The van der Waals surface area contributed by atoms with Gasteiger partial charge in [0.2, 0.25) is 17.7 Å². The standard InChI is InChI=1S/C24H41N3O5/c1-7-25-23(31)19(6)26-24(32)22(16(2)3)27-21(30)14-12-10-8-9-11-13-20(29)17(4)15-18(5)28/h11,13,16-17,19,22H,7-10,12,14-15H2,1-6H3,(H,25,31)(H,26,32)(H,27,30)/b13-11-/t17?,19-,22-/m0/s1. The Labute approximate surface area is 192 Å². The van der Waals surface area contributed by atoms with E-state index >= 15 is 0 Å². The highest BCUT2D eigenvalue weighted by Gasteiger charge is 2.26. The molecule has 1 unspecified atom stereocenters. The molecule has 0 aromatic rings. The van der Waals surface area contributed by atoms with Gasteiger partial charge in [-0.05, 0) is 52.0 Å². The van der Waals surface area contributed by atoms with Crippen molar-refractivity contribution in [1.29, 1.82) is 0 Å². The zero-order chi connectivity index (χ0) is 24.7. The van der Waals surface area contributed by atoms with Gasteiger partial charge in [-0.2, -0.15) is 0 Å². The first-order valence-corrected chi connectivity index (χ1v) is 11.6. The Kier molecular flexibility index (Phi) is 14.9. The molecule has 0 aliphatic carbocycles. The minimum absolute atomic E-state index is 0.00576. The first-order chi connectivity index (χ1) is 15.0. The lowest BCUT2D eigenvalue weighted by Crippen LogP contribution is -2.54. The first kappa shape index (κ1) is 29.5. The smallest absolute Gasteiger partial charge is 0.243 e. The van der Waals surface area contributed by atoms with Gasteiger partial charge in [0.05, 0.1) is 0 Å². The Hall–Kier alpha value is -2.51. The third-order valence-corrected chi connectivity index (χ3v) is 5.00. The van der Waals surface area contributed by atoms with Crippen molar-refractivity contribution in [3.8, 4) is 0 Å². The van der Waals surface area contributed by atoms with E-state index in [1.807, 2.05) is 19.9 Å². The molecule has 3 N–H and O–H groups in total. The predicted octanol–water partition coefficient (Wildman–Crippen LogP) is 2.46. The summed E-state index contributed by atoms with van der Waals surface area (Å²) in [6.07, 6.45) is 6.99. The summed E-state index contributed by atoms with van der Waals surface area (Å²) >= 11 is 0. The minimum Gasteiger partial charge on any atom is -0.355 e. The molecule has 3 amide bonds. The summed E-state index contributed by atoms with van der Waals surface area (Å²) in [5, 5.41) is 8.07. The van der Waals surface area contributed by atoms with Crippen molar-refractivity contribution in [2.24, 2.45) is 11.8 Å². The van der Waals surface area contributed by atoms with E-state index in [0.29, 0.717) is 19.4 Å². The van der Waals surface area contributed by atoms with Crippen LogP contribution in [0.1, 0.15) is 80.1 Å². The summed E-state index contributed by atoms with van der Waals surface area (Å²) in [7, 11) is 0.